The normalized spacial score (nSPS) is 13.5. The van der Waals surface area contributed by atoms with Crippen LogP contribution in [-0.4, -0.2) is 36.2 Å². The average molecular weight is 427 g/mol. The molecule has 1 aliphatic heterocycles. The van der Waals surface area contributed by atoms with E-state index >= 15 is 0 Å². The molecule has 30 heavy (non-hydrogen) atoms. The highest BCUT2D eigenvalue weighted by molar-refractivity contribution is 6.31. The second-order valence-corrected chi connectivity index (χ2v) is 7.58. The summed E-state index contributed by atoms with van der Waals surface area (Å²) in [6.07, 6.45) is 2.90. The van der Waals surface area contributed by atoms with Crippen LogP contribution >= 0.6 is 11.6 Å². The van der Waals surface area contributed by atoms with Gasteiger partial charge >= 0.3 is 0 Å². The summed E-state index contributed by atoms with van der Waals surface area (Å²) in [7, 11) is 1.62. The first-order valence-electron chi connectivity index (χ1n) is 9.94. The number of carbonyl (C=O) groups excluding carboxylic acids is 1. The molecule has 1 aliphatic rings. The molecule has 1 saturated heterocycles. The fraction of sp³-hybridized carbons (Fsp3) is 0.318. The Labute approximate surface area is 180 Å². The Morgan fingerprint density at radius 1 is 1.20 bits per heavy atom. The van der Waals surface area contributed by atoms with Crippen molar-refractivity contribution in [3.8, 4) is 17.1 Å². The van der Waals surface area contributed by atoms with Gasteiger partial charge in [0.15, 0.2) is 0 Å². The zero-order valence-electron chi connectivity index (χ0n) is 16.7. The number of amides is 1. The zero-order chi connectivity index (χ0) is 20.9. The van der Waals surface area contributed by atoms with E-state index in [0.717, 1.165) is 48.6 Å². The van der Waals surface area contributed by atoms with Crippen LogP contribution in [-0.2, 0) is 11.2 Å². The highest BCUT2D eigenvalue weighted by Crippen LogP contribution is 2.31. The van der Waals surface area contributed by atoms with E-state index in [0.29, 0.717) is 23.2 Å². The Balaban J connectivity index is 1.37. The smallest absolute Gasteiger partial charge is 0.227 e. The van der Waals surface area contributed by atoms with Crippen molar-refractivity contribution in [3.05, 3.63) is 53.4 Å². The van der Waals surface area contributed by atoms with Gasteiger partial charge in [0.25, 0.3) is 0 Å². The summed E-state index contributed by atoms with van der Waals surface area (Å²) in [5.41, 5.74) is 2.56. The van der Waals surface area contributed by atoms with E-state index in [2.05, 4.69) is 20.4 Å². The van der Waals surface area contributed by atoms with Crippen molar-refractivity contribution in [1.29, 1.82) is 0 Å². The molecule has 2 aromatic carbocycles. The van der Waals surface area contributed by atoms with Gasteiger partial charge in [-0.2, -0.15) is 4.98 Å². The number of rotatable bonds is 7. The highest BCUT2D eigenvalue weighted by Gasteiger charge is 2.18. The van der Waals surface area contributed by atoms with Gasteiger partial charge in [-0.1, -0.05) is 16.8 Å². The molecule has 0 radical (unpaired) electrons. The quantitative estimate of drug-likeness (QED) is 0.596. The maximum atomic E-state index is 12.5. The van der Waals surface area contributed by atoms with Crippen LogP contribution in [0.5, 0.6) is 5.75 Å². The van der Waals surface area contributed by atoms with E-state index in [9.17, 15) is 4.79 Å². The molecular weight excluding hydrogens is 404 g/mol. The second-order valence-electron chi connectivity index (χ2n) is 7.14. The van der Waals surface area contributed by atoms with Gasteiger partial charge < -0.3 is 19.5 Å². The first-order valence-corrected chi connectivity index (χ1v) is 10.3. The van der Waals surface area contributed by atoms with Crippen LogP contribution in [0.3, 0.4) is 0 Å². The van der Waals surface area contributed by atoms with Gasteiger partial charge in [-0.15, -0.1) is 0 Å². The molecule has 0 aliphatic carbocycles. The number of nitrogens with one attached hydrogen (secondary N) is 1. The summed E-state index contributed by atoms with van der Waals surface area (Å²) in [6.45, 7) is 1.97. The van der Waals surface area contributed by atoms with Gasteiger partial charge in [-0.3, -0.25) is 4.79 Å². The summed E-state index contributed by atoms with van der Waals surface area (Å²) in [5, 5.41) is 7.57. The van der Waals surface area contributed by atoms with Crippen molar-refractivity contribution >= 4 is 28.9 Å². The first kappa shape index (κ1) is 20.2. The van der Waals surface area contributed by atoms with Crippen molar-refractivity contribution in [3.63, 3.8) is 0 Å². The van der Waals surface area contributed by atoms with E-state index in [-0.39, 0.29) is 12.3 Å². The summed E-state index contributed by atoms with van der Waals surface area (Å²) in [6, 6.07) is 13.0. The van der Waals surface area contributed by atoms with E-state index in [4.69, 9.17) is 20.9 Å². The summed E-state index contributed by atoms with van der Waals surface area (Å²) < 4.78 is 10.5. The minimum Gasteiger partial charge on any atom is -0.497 e. The lowest BCUT2D eigenvalue weighted by Crippen LogP contribution is -2.21. The van der Waals surface area contributed by atoms with Crippen molar-refractivity contribution < 1.29 is 14.1 Å². The number of ether oxygens (including phenoxy) is 1. The third-order valence-corrected chi connectivity index (χ3v) is 5.30. The van der Waals surface area contributed by atoms with E-state index in [1.54, 1.807) is 13.2 Å². The molecule has 3 aromatic rings. The third-order valence-electron chi connectivity index (χ3n) is 5.06. The van der Waals surface area contributed by atoms with E-state index in [1.165, 1.54) is 0 Å². The number of nitrogens with zero attached hydrogens (tertiary/aromatic N) is 3. The van der Waals surface area contributed by atoms with Gasteiger partial charge in [0.05, 0.1) is 18.5 Å². The highest BCUT2D eigenvalue weighted by atomic mass is 35.5. The number of methoxy groups -OCH3 is 1. The molecule has 1 aromatic heterocycles. The van der Waals surface area contributed by atoms with Crippen molar-refractivity contribution in [2.45, 2.75) is 25.7 Å². The lowest BCUT2D eigenvalue weighted by atomic mass is 10.2. The van der Waals surface area contributed by atoms with Gasteiger partial charge in [0, 0.05) is 36.5 Å². The number of benzene rings is 2. The average Bonchev–Trinajstić information content (AvgIpc) is 3.45. The molecular formula is C22H23ClN4O3. The van der Waals surface area contributed by atoms with Crippen LogP contribution < -0.4 is 15.0 Å². The predicted octanol–water partition coefficient (Wildman–Crippen LogP) is 4.57. The number of hydrogen-bond donors (Lipinski definition) is 1. The molecule has 0 unspecified atom stereocenters. The molecule has 0 spiro atoms. The van der Waals surface area contributed by atoms with Crippen LogP contribution in [0, 0.1) is 0 Å². The lowest BCUT2D eigenvalue weighted by molar-refractivity contribution is -0.116. The fourth-order valence-corrected chi connectivity index (χ4v) is 3.66. The van der Waals surface area contributed by atoms with E-state index in [1.807, 2.05) is 36.4 Å². The first-order chi connectivity index (χ1) is 14.6. The number of carbonyl (C=O) groups is 1. The molecule has 0 atom stereocenters. The lowest BCUT2D eigenvalue weighted by Gasteiger charge is -2.21. The van der Waals surface area contributed by atoms with Crippen LogP contribution in [0.1, 0.15) is 25.2 Å². The molecule has 1 amide bonds. The Hall–Kier alpha value is -3.06. The van der Waals surface area contributed by atoms with Gasteiger partial charge in [0.2, 0.25) is 17.6 Å². The molecule has 8 heteroatoms. The minimum absolute atomic E-state index is 0.123. The van der Waals surface area contributed by atoms with Gasteiger partial charge in [0.1, 0.15) is 5.75 Å². The van der Waals surface area contributed by atoms with E-state index < -0.39 is 0 Å². The SMILES string of the molecule is COc1ccc(-c2noc(CCC(=O)Nc3cc(Cl)ccc3N3CCCC3)n2)cc1. The number of aryl methyl sites for hydroxylation is 1. The van der Waals surface area contributed by atoms with Crippen LogP contribution in [0.4, 0.5) is 11.4 Å². The number of aromatic nitrogens is 2. The zero-order valence-corrected chi connectivity index (χ0v) is 17.5. The minimum atomic E-state index is -0.123. The number of halogens is 1. The second kappa shape index (κ2) is 9.17. The molecule has 7 nitrogen and oxygen atoms in total. The monoisotopic (exact) mass is 426 g/mol. The van der Waals surface area contributed by atoms with Crippen LogP contribution in [0.2, 0.25) is 5.02 Å². The van der Waals surface area contributed by atoms with Gasteiger partial charge in [-0.25, -0.2) is 0 Å². The molecule has 2 heterocycles. The third kappa shape index (κ3) is 4.74. The molecule has 0 bridgehead atoms. The topological polar surface area (TPSA) is 80.5 Å². The Bertz CT molecular complexity index is 1010. The maximum Gasteiger partial charge on any atom is 0.227 e. The van der Waals surface area contributed by atoms with Crippen molar-refractivity contribution in [1.82, 2.24) is 10.1 Å². The Morgan fingerprint density at radius 2 is 1.97 bits per heavy atom. The summed E-state index contributed by atoms with van der Waals surface area (Å²) in [4.78, 5) is 19.2. The maximum absolute atomic E-state index is 12.5. The Kier molecular flexibility index (Phi) is 6.18. The Morgan fingerprint density at radius 3 is 2.70 bits per heavy atom. The summed E-state index contributed by atoms with van der Waals surface area (Å²) >= 11 is 6.15. The van der Waals surface area contributed by atoms with Gasteiger partial charge in [-0.05, 0) is 55.3 Å². The fourth-order valence-electron chi connectivity index (χ4n) is 3.49. The molecule has 1 N–H and O–H groups in total. The molecule has 4 rings (SSSR count). The van der Waals surface area contributed by atoms with Crippen molar-refractivity contribution in [2.75, 3.05) is 30.4 Å². The summed E-state index contributed by atoms with van der Waals surface area (Å²) in [5.74, 6) is 1.54. The van der Waals surface area contributed by atoms with Crippen LogP contribution in [0.15, 0.2) is 47.0 Å². The largest absolute Gasteiger partial charge is 0.497 e. The predicted molar refractivity (Wildman–Crippen MR) is 116 cm³/mol. The standard InChI is InChI=1S/C22H23ClN4O3/c1-29-17-7-4-15(5-8-17)22-25-21(30-26-22)11-10-20(28)24-18-14-16(23)6-9-19(18)27-12-2-3-13-27/h4-9,14H,2-3,10-13H2,1H3,(H,24,28). The number of anilines is 2. The number of hydrogen-bond acceptors (Lipinski definition) is 6. The molecule has 156 valence electrons. The van der Waals surface area contributed by atoms with Crippen molar-refractivity contribution in [2.24, 2.45) is 0 Å². The molecule has 0 saturated carbocycles. The van der Waals surface area contributed by atoms with Crippen LogP contribution in [0.25, 0.3) is 11.4 Å². The molecule has 1 fully saturated rings.